The van der Waals surface area contributed by atoms with Crippen LogP contribution in [0.2, 0.25) is 5.02 Å². The molecule has 0 heterocycles. The van der Waals surface area contributed by atoms with Crippen molar-refractivity contribution in [2.75, 3.05) is 0 Å². The SMILES string of the molecule is Cc1cc(Cl)ccc1OC(C(=O)NN)c1ccccc1. The van der Waals surface area contributed by atoms with Gasteiger partial charge in [0.25, 0.3) is 5.91 Å². The van der Waals surface area contributed by atoms with Gasteiger partial charge in [0.1, 0.15) is 5.75 Å². The van der Waals surface area contributed by atoms with E-state index in [1.165, 1.54) is 0 Å². The summed E-state index contributed by atoms with van der Waals surface area (Å²) in [5.41, 5.74) is 3.70. The molecule has 1 unspecified atom stereocenters. The van der Waals surface area contributed by atoms with Crippen LogP contribution in [0.5, 0.6) is 5.75 Å². The lowest BCUT2D eigenvalue weighted by atomic mass is 10.1. The summed E-state index contributed by atoms with van der Waals surface area (Å²) in [6.45, 7) is 1.86. The summed E-state index contributed by atoms with van der Waals surface area (Å²) in [7, 11) is 0. The van der Waals surface area contributed by atoms with Crippen LogP contribution >= 0.6 is 11.6 Å². The number of ether oxygens (including phenoxy) is 1. The highest BCUT2D eigenvalue weighted by Gasteiger charge is 2.22. The van der Waals surface area contributed by atoms with Gasteiger partial charge in [0.15, 0.2) is 0 Å². The Morgan fingerprint density at radius 1 is 1.25 bits per heavy atom. The van der Waals surface area contributed by atoms with Crippen LogP contribution in [0.3, 0.4) is 0 Å². The molecule has 2 rings (SSSR count). The Kier molecular flexibility index (Phi) is 4.61. The predicted octanol–water partition coefficient (Wildman–Crippen LogP) is 2.76. The third kappa shape index (κ3) is 3.29. The fourth-order valence-corrected chi connectivity index (χ4v) is 2.08. The summed E-state index contributed by atoms with van der Waals surface area (Å²) < 4.78 is 5.79. The molecule has 5 heteroatoms. The van der Waals surface area contributed by atoms with Gasteiger partial charge in [-0.2, -0.15) is 0 Å². The van der Waals surface area contributed by atoms with Crippen LogP contribution in [0.1, 0.15) is 17.2 Å². The Bertz CT molecular complexity index is 602. The molecule has 0 bridgehead atoms. The third-order valence-electron chi connectivity index (χ3n) is 2.86. The van der Waals surface area contributed by atoms with Gasteiger partial charge in [-0.15, -0.1) is 0 Å². The fourth-order valence-electron chi connectivity index (χ4n) is 1.85. The minimum Gasteiger partial charge on any atom is -0.475 e. The summed E-state index contributed by atoms with van der Waals surface area (Å²) >= 11 is 5.91. The Morgan fingerprint density at radius 3 is 2.55 bits per heavy atom. The number of carbonyl (C=O) groups excluding carboxylic acids is 1. The first-order valence-corrected chi connectivity index (χ1v) is 6.48. The molecule has 4 nitrogen and oxygen atoms in total. The molecule has 0 aliphatic rings. The number of rotatable bonds is 4. The van der Waals surface area contributed by atoms with Crippen molar-refractivity contribution in [3.8, 4) is 5.75 Å². The normalized spacial score (nSPS) is 11.8. The maximum atomic E-state index is 11.9. The van der Waals surface area contributed by atoms with Crippen molar-refractivity contribution in [1.82, 2.24) is 5.43 Å². The quantitative estimate of drug-likeness (QED) is 0.517. The molecule has 2 aromatic rings. The molecule has 1 atom stereocenters. The second-order valence-corrected chi connectivity index (χ2v) is 4.76. The maximum absolute atomic E-state index is 11.9. The van der Waals surface area contributed by atoms with Crippen LogP contribution in [0.15, 0.2) is 48.5 Å². The first kappa shape index (κ1) is 14.4. The number of nitrogens with one attached hydrogen (secondary N) is 1. The van der Waals surface area contributed by atoms with Gasteiger partial charge < -0.3 is 4.74 Å². The van der Waals surface area contributed by atoms with Crippen LogP contribution in [0.4, 0.5) is 0 Å². The maximum Gasteiger partial charge on any atom is 0.279 e. The number of amides is 1. The number of halogens is 1. The van der Waals surface area contributed by atoms with Crippen LogP contribution < -0.4 is 16.0 Å². The third-order valence-corrected chi connectivity index (χ3v) is 3.10. The summed E-state index contributed by atoms with van der Waals surface area (Å²) in [5, 5.41) is 0.620. The topological polar surface area (TPSA) is 64.3 Å². The standard InChI is InChI=1S/C15H15ClN2O2/c1-10-9-12(16)7-8-13(10)20-14(15(19)18-17)11-5-3-2-4-6-11/h2-9,14H,17H2,1H3,(H,18,19). The highest BCUT2D eigenvalue weighted by Crippen LogP contribution is 2.27. The van der Waals surface area contributed by atoms with Gasteiger partial charge in [0, 0.05) is 10.6 Å². The van der Waals surface area contributed by atoms with E-state index < -0.39 is 12.0 Å². The second-order valence-electron chi connectivity index (χ2n) is 4.33. The molecule has 3 N–H and O–H groups in total. The van der Waals surface area contributed by atoms with E-state index in [1.54, 1.807) is 18.2 Å². The predicted molar refractivity (Wildman–Crippen MR) is 78.3 cm³/mol. The highest BCUT2D eigenvalue weighted by molar-refractivity contribution is 6.30. The number of hydrogen-bond donors (Lipinski definition) is 2. The van der Waals surface area contributed by atoms with Gasteiger partial charge in [-0.1, -0.05) is 41.9 Å². The van der Waals surface area contributed by atoms with Crippen molar-refractivity contribution in [3.63, 3.8) is 0 Å². The van der Waals surface area contributed by atoms with Gasteiger partial charge in [0.05, 0.1) is 0 Å². The smallest absolute Gasteiger partial charge is 0.279 e. The number of aryl methyl sites for hydroxylation is 1. The monoisotopic (exact) mass is 290 g/mol. The summed E-state index contributed by atoms with van der Waals surface area (Å²) in [6, 6.07) is 14.4. The lowest BCUT2D eigenvalue weighted by molar-refractivity contribution is -0.128. The molecule has 0 saturated heterocycles. The number of carbonyl (C=O) groups is 1. The van der Waals surface area contributed by atoms with E-state index >= 15 is 0 Å². The van der Waals surface area contributed by atoms with Crippen molar-refractivity contribution < 1.29 is 9.53 Å². The molecule has 0 spiro atoms. The Morgan fingerprint density at radius 2 is 1.95 bits per heavy atom. The van der Waals surface area contributed by atoms with E-state index in [2.05, 4.69) is 5.43 Å². The molecule has 2 aromatic carbocycles. The molecule has 0 radical (unpaired) electrons. The van der Waals surface area contributed by atoms with Gasteiger partial charge in [-0.25, -0.2) is 5.84 Å². The van der Waals surface area contributed by atoms with E-state index in [1.807, 2.05) is 37.3 Å². The summed E-state index contributed by atoms with van der Waals surface area (Å²) in [6.07, 6.45) is -0.805. The van der Waals surface area contributed by atoms with E-state index in [0.29, 0.717) is 10.8 Å². The van der Waals surface area contributed by atoms with E-state index in [4.69, 9.17) is 22.2 Å². The molecular weight excluding hydrogens is 276 g/mol. The number of benzene rings is 2. The molecule has 0 saturated carbocycles. The minimum atomic E-state index is -0.805. The summed E-state index contributed by atoms with van der Waals surface area (Å²) in [4.78, 5) is 11.9. The van der Waals surface area contributed by atoms with E-state index in [0.717, 1.165) is 11.1 Å². The van der Waals surface area contributed by atoms with Gasteiger partial charge >= 0.3 is 0 Å². The van der Waals surface area contributed by atoms with Gasteiger partial charge in [-0.05, 0) is 30.7 Å². The van der Waals surface area contributed by atoms with Gasteiger partial charge in [0.2, 0.25) is 6.10 Å². The van der Waals surface area contributed by atoms with Crippen molar-refractivity contribution in [3.05, 3.63) is 64.7 Å². The minimum absolute atomic E-state index is 0.412. The Hall–Kier alpha value is -2.04. The molecule has 0 aliphatic heterocycles. The summed E-state index contributed by atoms with van der Waals surface area (Å²) in [5.74, 6) is 5.40. The van der Waals surface area contributed by atoms with Crippen molar-refractivity contribution in [1.29, 1.82) is 0 Å². The average molecular weight is 291 g/mol. The zero-order valence-corrected chi connectivity index (χ0v) is 11.7. The molecule has 1 amide bonds. The molecule has 0 aliphatic carbocycles. The van der Waals surface area contributed by atoms with Crippen molar-refractivity contribution >= 4 is 17.5 Å². The fraction of sp³-hybridized carbons (Fsp3) is 0.133. The van der Waals surface area contributed by atoms with Crippen LogP contribution in [-0.4, -0.2) is 5.91 Å². The van der Waals surface area contributed by atoms with E-state index in [9.17, 15) is 4.79 Å². The van der Waals surface area contributed by atoms with Crippen LogP contribution in [0.25, 0.3) is 0 Å². The first-order valence-electron chi connectivity index (χ1n) is 6.10. The van der Waals surface area contributed by atoms with Crippen molar-refractivity contribution in [2.24, 2.45) is 5.84 Å². The lowest BCUT2D eigenvalue weighted by Gasteiger charge is -2.19. The van der Waals surface area contributed by atoms with E-state index in [-0.39, 0.29) is 0 Å². The number of hydrogen-bond acceptors (Lipinski definition) is 3. The first-order chi connectivity index (χ1) is 9.61. The molecule has 0 aromatic heterocycles. The molecule has 0 fully saturated rings. The Labute approximate surface area is 122 Å². The zero-order valence-electron chi connectivity index (χ0n) is 11.0. The Balaban J connectivity index is 2.31. The number of hydrazine groups is 1. The lowest BCUT2D eigenvalue weighted by Crippen LogP contribution is -2.37. The molecular formula is C15H15ClN2O2. The van der Waals surface area contributed by atoms with Crippen LogP contribution in [-0.2, 0) is 4.79 Å². The second kappa shape index (κ2) is 6.41. The number of nitrogens with two attached hydrogens (primary N) is 1. The largest absolute Gasteiger partial charge is 0.475 e. The molecule has 104 valence electrons. The van der Waals surface area contributed by atoms with Crippen molar-refractivity contribution in [2.45, 2.75) is 13.0 Å². The van der Waals surface area contributed by atoms with Crippen LogP contribution in [0, 0.1) is 6.92 Å². The highest BCUT2D eigenvalue weighted by atomic mass is 35.5. The zero-order chi connectivity index (χ0) is 14.5. The van der Waals surface area contributed by atoms with Gasteiger partial charge in [-0.3, -0.25) is 10.2 Å². The average Bonchev–Trinajstić information content (AvgIpc) is 2.46. The molecule has 20 heavy (non-hydrogen) atoms.